The molecule has 10 aromatic carbocycles. The van der Waals surface area contributed by atoms with Crippen LogP contribution < -0.4 is 19.3 Å². The first-order valence-corrected chi connectivity index (χ1v) is 22.0. The number of hydrogen-bond acceptors (Lipinski definition) is 4. The van der Waals surface area contributed by atoms with Crippen LogP contribution in [-0.2, 0) is 0 Å². The molecule has 1 atom stereocenters. The number of nitrogens with zero attached hydrogens (tertiary/aromatic N) is 2. The summed E-state index contributed by atoms with van der Waals surface area (Å²) in [4.78, 5) is 4.72. The fourth-order valence-corrected chi connectivity index (χ4v) is 10.2. The number of allylic oxidation sites excluding steroid dienone is 2. The molecule has 10 aromatic rings. The smallest absolute Gasteiger partial charge is 0.137 e. The molecule has 2 aliphatic heterocycles. The lowest BCUT2D eigenvalue weighted by Crippen LogP contribution is -2.29. The first-order valence-electron chi connectivity index (χ1n) is 22.0. The SMILES string of the molecule is C1=C2c3ccc4c5c(ccc(c35)OC2CC(N(c2ccc(-c3ccccc3)cc2)c2cc3ccccc3c3ccccc23)=C1)-c1ccc(N(c2ccccc2)c2ccccc2)cc1O4. The zero-order valence-electron chi connectivity index (χ0n) is 34.9. The first kappa shape index (κ1) is 36.3. The molecule has 3 aliphatic rings. The van der Waals surface area contributed by atoms with Crippen molar-refractivity contribution < 1.29 is 9.47 Å². The Balaban J connectivity index is 0.918. The Morgan fingerprint density at radius 2 is 0.969 bits per heavy atom. The molecule has 0 N–H and O–H groups in total. The van der Waals surface area contributed by atoms with Gasteiger partial charge in [-0.3, -0.25) is 0 Å². The molecule has 0 amide bonds. The lowest BCUT2D eigenvalue weighted by atomic mass is 9.84. The van der Waals surface area contributed by atoms with Crippen LogP contribution in [-0.4, -0.2) is 6.10 Å². The summed E-state index contributed by atoms with van der Waals surface area (Å²) >= 11 is 0. The van der Waals surface area contributed by atoms with Gasteiger partial charge in [0.25, 0.3) is 0 Å². The maximum absolute atomic E-state index is 7.11. The average molecular weight is 821 g/mol. The molecule has 2 heterocycles. The Hall–Kier alpha value is -8.34. The van der Waals surface area contributed by atoms with E-state index in [4.69, 9.17) is 9.47 Å². The minimum atomic E-state index is -0.175. The van der Waals surface area contributed by atoms with Crippen molar-refractivity contribution >= 4 is 66.3 Å². The Bertz CT molecular complexity index is 3480. The summed E-state index contributed by atoms with van der Waals surface area (Å²) in [5.74, 6) is 2.56. The fourth-order valence-electron chi connectivity index (χ4n) is 10.2. The number of benzene rings is 10. The van der Waals surface area contributed by atoms with E-state index in [1.54, 1.807) is 0 Å². The maximum Gasteiger partial charge on any atom is 0.137 e. The molecule has 0 saturated carbocycles. The predicted molar refractivity (Wildman–Crippen MR) is 265 cm³/mol. The molecule has 302 valence electrons. The highest BCUT2D eigenvalue weighted by Crippen LogP contribution is 2.55. The van der Waals surface area contributed by atoms with Crippen LogP contribution in [0.5, 0.6) is 17.2 Å². The Kier molecular flexibility index (Phi) is 8.31. The molecule has 4 nitrogen and oxygen atoms in total. The van der Waals surface area contributed by atoms with Crippen molar-refractivity contribution in [3.05, 3.63) is 236 Å². The van der Waals surface area contributed by atoms with Gasteiger partial charge in [0.2, 0.25) is 0 Å². The van der Waals surface area contributed by atoms with E-state index in [-0.39, 0.29) is 6.10 Å². The zero-order chi connectivity index (χ0) is 42.1. The highest BCUT2D eigenvalue weighted by molar-refractivity contribution is 6.15. The topological polar surface area (TPSA) is 24.9 Å². The molecule has 0 bridgehead atoms. The predicted octanol–water partition coefficient (Wildman–Crippen LogP) is 16.3. The maximum atomic E-state index is 7.11. The van der Waals surface area contributed by atoms with Crippen LogP contribution in [0.4, 0.5) is 28.4 Å². The largest absolute Gasteiger partial charge is 0.485 e. The molecule has 64 heavy (non-hydrogen) atoms. The molecular weight excluding hydrogens is 781 g/mol. The Morgan fingerprint density at radius 3 is 1.73 bits per heavy atom. The van der Waals surface area contributed by atoms with Crippen molar-refractivity contribution in [3.63, 3.8) is 0 Å². The lowest BCUT2D eigenvalue weighted by molar-refractivity contribution is 0.256. The summed E-state index contributed by atoms with van der Waals surface area (Å²) in [6, 6.07) is 75.7. The molecule has 0 aromatic heterocycles. The fraction of sp³-hybridized carbons (Fsp3) is 0.0333. The third-order valence-electron chi connectivity index (χ3n) is 13.1. The van der Waals surface area contributed by atoms with Gasteiger partial charge in [-0.2, -0.15) is 0 Å². The second-order valence-electron chi connectivity index (χ2n) is 16.8. The summed E-state index contributed by atoms with van der Waals surface area (Å²) in [5, 5.41) is 7.10. The highest BCUT2D eigenvalue weighted by atomic mass is 16.5. The van der Waals surface area contributed by atoms with Crippen LogP contribution in [0.3, 0.4) is 0 Å². The molecule has 1 unspecified atom stereocenters. The molecular formula is C60H40N2O2. The molecule has 0 radical (unpaired) electrons. The summed E-state index contributed by atoms with van der Waals surface area (Å²) in [6.45, 7) is 0. The van der Waals surface area contributed by atoms with Gasteiger partial charge in [0.15, 0.2) is 0 Å². The normalized spacial score (nSPS) is 14.5. The van der Waals surface area contributed by atoms with Crippen molar-refractivity contribution in [2.75, 3.05) is 9.80 Å². The van der Waals surface area contributed by atoms with Crippen molar-refractivity contribution in [2.45, 2.75) is 12.5 Å². The Labute approximate surface area is 371 Å². The van der Waals surface area contributed by atoms with Gasteiger partial charge < -0.3 is 19.3 Å². The van der Waals surface area contributed by atoms with E-state index < -0.39 is 0 Å². The minimum absolute atomic E-state index is 0.175. The highest BCUT2D eigenvalue weighted by Gasteiger charge is 2.35. The van der Waals surface area contributed by atoms with E-state index >= 15 is 0 Å². The van der Waals surface area contributed by atoms with Crippen LogP contribution in [0.15, 0.2) is 230 Å². The summed E-state index contributed by atoms with van der Waals surface area (Å²) in [6.07, 6.45) is 5.12. The van der Waals surface area contributed by atoms with E-state index in [1.165, 1.54) is 49.5 Å². The second-order valence-corrected chi connectivity index (χ2v) is 16.8. The van der Waals surface area contributed by atoms with Crippen LogP contribution in [0, 0.1) is 0 Å². The van der Waals surface area contributed by atoms with Crippen LogP contribution in [0.1, 0.15) is 12.0 Å². The van der Waals surface area contributed by atoms with Crippen LogP contribution in [0.2, 0.25) is 0 Å². The summed E-state index contributed by atoms with van der Waals surface area (Å²) in [7, 11) is 0. The van der Waals surface area contributed by atoms with Gasteiger partial charge in [-0.1, -0.05) is 140 Å². The number of anilines is 5. The van der Waals surface area contributed by atoms with Crippen LogP contribution in [0.25, 0.3) is 60.1 Å². The van der Waals surface area contributed by atoms with Gasteiger partial charge in [0.05, 0.1) is 5.69 Å². The summed E-state index contributed by atoms with van der Waals surface area (Å²) < 4.78 is 14.0. The van der Waals surface area contributed by atoms with E-state index in [0.29, 0.717) is 6.42 Å². The van der Waals surface area contributed by atoms with E-state index in [1.807, 2.05) is 0 Å². The number of ether oxygens (including phenoxy) is 2. The summed E-state index contributed by atoms with van der Waals surface area (Å²) in [5.41, 5.74) is 13.6. The number of rotatable bonds is 7. The van der Waals surface area contributed by atoms with Crippen molar-refractivity contribution in [1.29, 1.82) is 0 Å². The quantitative estimate of drug-likeness (QED) is 0.150. The van der Waals surface area contributed by atoms with Crippen molar-refractivity contribution in [2.24, 2.45) is 0 Å². The van der Waals surface area contributed by atoms with Gasteiger partial charge in [0, 0.05) is 68.2 Å². The standard InChI is InChI=1S/C60H40N2O2/c1-4-14-39(15-5-1)40-24-26-44(27-25-40)62(54-36-41-16-10-11-21-47(41)48-22-12-13-23-49(48)54)46-29-31-51-53-33-34-55-59-52(32-35-56(60(53)59)64-58(51)38-46)50-30-28-45(37-57(50)63-55)61(42-17-6-2-7-18-42)43-19-8-3-9-20-43/h1-37,58H,38H2. The number of fused-ring (bicyclic) bond motifs is 7. The van der Waals surface area contributed by atoms with Gasteiger partial charge in [-0.05, 0) is 117 Å². The van der Waals surface area contributed by atoms with Gasteiger partial charge >= 0.3 is 0 Å². The van der Waals surface area contributed by atoms with Gasteiger partial charge in [-0.25, -0.2) is 0 Å². The number of hydrogen-bond donors (Lipinski definition) is 0. The average Bonchev–Trinajstić information content (AvgIpc) is 3.36. The molecule has 0 fully saturated rings. The molecule has 13 rings (SSSR count). The number of para-hydroxylation sites is 2. The first-order chi connectivity index (χ1) is 31.7. The minimum Gasteiger partial charge on any atom is -0.485 e. The van der Waals surface area contributed by atoms with Crippen molar-refractivity contribution in [3.8, 4) is 39.5 Å². The van der Waals surface area contributed by atoms with Gasteiger partial charge in [-0.15, -0.1) is 0 Å². The second kappa shape index (κ2) is 14.6. The van der Waals surface area contributed by atoms with Gasteiger partial charge in [0.1, 0.15) is 23.4 Å². The van der Waals surface area contributed by atoms with E-state index in [9.17, 15) is 0 Å². The monoisotopic (exact) mass is 820 g/mol. The van der Waals surface area contributed by atoms with Crippen LogP contribution >= 0.6 is 0 Å². The molecule has 4 heteroatoms. The van der Waals surface area contributed by atoms with E-state index in [2.05, 4.69) is 234 Å². The molecule has 0 spiro atoms. The third kappa shape index (κ3) is 5.84. The lowest BCUT2D eigenvalue weighted by Gasteiger charge is -2.37. The zero-order valence-corrected chi connectivity index (χ0v) is 34.9. The molecule has 0 saturated heterocycles. The molecule has 1 aliphatic carbocycles. The van der Waals surface area contributed by atoms with E-state index in [0.717, 1.165) is 67.6 Å². The third-order valence-corrected chi connectivity index (χ3v) is 13.1. The van der Waals surface area contributed by atoms with Crippen molar-refractivity contribution in [1.82, 2.24) is 0 Å². The Morgan fingerprint density at radius 1 is 0.391 bits per heavy atom.